The molecule has 0 aromatic rings. The van der Waals surface area contributed by atoms with E-state index in [1.165, 1.54) is 11.0 Å². The van der Waals surface area contributed by atoms with Crippen LogP contribution in [0.15, 0.2) is 23.9 Å². The Morgan fingerprint density at radius 1 is 1.34 bits per heavy atom. The van der Waals surface area contributed by atoms with Crippen molar-refractivity contribution in [3.05, 3.63) is 23.9 Å². The number of nitrogens with zero attached hydrogens (tertiary/aromatic N) is 2. The zero-order valence-corrected chi connectivity index (χ0v) is 21.0. The largest absolute Gasteiger partial charge is 0.477 e. The Kier molecular flexibility index (Phi) is 7.19. The third-order valence-corrected chi connectivity index (χ3v) is 7.72. The van der Waals surface area contributed by atoms with Gasteiger partial charge in [-0.1, -0.05) is 33.4 Å². The van der Waals surface area contributed by atoms with E-state index in [1.807, 2.05) is 0 Å². The van der Waals surface area contributed by atoms with Gasteiger partial charge in [-0.2, -0.15) is 0 Å². The van der Waals surface area contributed by atoms with Crippen LogP contribution in [0.25, 0.3) is 0 Å². The van der Waals surface area contributed by atoms with Crippen LogP contribution < -0.4 is 0 Å². The fraction of sp³-hybridized carbons (Fsp3) is 0.696. The topological polar surface area (TPSA) is 96.4 Å². The maximum Gasteiger partial charge on any atom is 0.410 e. The molecule has 0 aromatic carbocycles. The number of aliphatic carboxylic acids is 1. The number of hydrogen-bond acceptors (Lipinski definition) is 5. The molecule has 0 unspecified atom stereocenters. The summed E-state index contributed by atoms with van der Waals surface area (Å²) in [6.45, 7) is 15.7. The van der Waals surface area contributed by atoms with Crippen molar-refractivity contribution in [1.29, 1.82) is 0 Å². The Balaban J connectivity index is 1.79. The van der Waals surface area contributed by atoms with E-state index in [-0.39, 0.29) is 47.4 Å². The van der Waals surface area contributed by atoms with Gasteiger partial charge in [0.25, 0.3) is 0 Å². The zero-order chi connectivity index (χ0) is 23.8. The van der Waals surface area contributed by atoms with Gasteiger partial charge in [-0.25, -0.2) is 9.59 Å². The molecule has 3 aliphatic heterocycles. The number of likely N-dealkylation sites (tertiary alicyclic amines) is 1. The van der Waals surface area contributed by atoms with E-state index in [9.17, 15) is 19.5 Å². The van der Waals surface area contributed by atoms with Crippen LogP contribution in [0.5, 0.6) is 0 Å². The van der Waals surface area contributed by atoms with Crippen LogP contribution in [0.4, 0.5) is 4.79 Å². The summed E-state index contributed by atoms with van der Waals surface area (Å²) in [7, 11) is -1.25. The van der Waals surface area contributed by atoms with Crippen LogP contribution in [0.2, 0.25) is 13.1 Å². The van der Waals surface area contributed by atoms with Crippen LogP contribution in [-0.4, -0.2) is 74.3 Å². The lowest BCUT2D eigenvalue weighted by molar-refractivity contribution is -0.162. The summed E-state index contributed by atoms with van der Waals surface area (Å²) in [5.74, 6) is -1.49. The molecule has 2 amide bonds. The third-order valence-electron chi connectivity index (χ3n) is 6.86. The first-order chi connectivity index (χ1) is 15.0. The van der Waals surface area contributed by atoms with Crippen LogP contribution in [0, 0.1) is 23.2 Å². The number of amides is 2. The van der Waals surface area contributed by atoms with Crippen molar-refractivity contribution < 1.29 is 28.7 Å². The number of hydrogen-bond donors (Lipinski definition) is 1. The molecule has 3 rings (SSSR count). The number of carboxylic acids is 1. The highest BCUT2D eigenvalue weighted by Crippen LogP contribution is 2.51. The van der Waals surface area contributed by atoms with Gasteiger partial charge in [0.15, 0.2) is 9.04 Å². The summed E-state index contributed by atoms with van der Waals surface area (Å²) in [6, 6.07) is -0.146. The fourth-order valence-electron chi connectivity index (χ4n) is 5.20. The molecule has 2 saturated heterocycles. The smallest absolute Gasteiger partial charge is 0.410 e. The lowest BCUT2D eigenvalue weighted by Gasteiger charge is -2.50. The maximum atomic E-state index is 13.2. The van der Waals surface area contributed by atoms with Crippen molar-refractivity contribution in [3.8, 4) is 0 Å². The van der Waals surface area contributed by atoms with E-state index in [4.69, 9.17) is 9.16 Å². The highest BCUT2D eigenvalue weighted by molar-refractivity contribution is 6.48. The summed E-state index contributed by atoms with van der Waals surface area (Å²) in [4.78, 5) is 40.7. The molecule has 3 heterocycles. The summed E-state index contributed by atoms with van der Waals surface area (Å²) in [6.07, 6.45) is 2.31. The molecule has 0 spiro atoms. The number of fused-ring (bicyclic) bond motifs is 1. The van der Waals surface area contributed by atoms with Gasteiger partial charge in [0.2, 0.25) is 5.91 Å². The Bertz CT molecular complexity index is 818. The van der Waals surface area contributed by atoms with E-state index in [2.05, 4.69) is 40.4 Å². The molecule has 0 aromatic heterocycles. The molecular weight excluding hydrogens is 428 g/mol. The van der Waals surface area contributed by atoms with Crippen LogP contribution in [0.3, 0.4) is 0 Å². The molecule has 9 heteroatoms. The van der Waals surface area contributed by atoms with E-state index in [1.54, 1.807) is 4.90 Å². The van der Waals surface area contributed by atoms with E-state index in [0.29, 0.717) is 32.5 Å². The third kappa shape index (κ3) is 4.64. The minimum Gasteiger partial charge on any atom is -0.477 e. The van der Waals surface area contributed by atoms with Gasteiger partial charge in [0, 0.05) is 25.6 Å². The average molecular weight is 465 g/mol. The molecule has 0 radical (unpaired) electrons. The van der Waals surface area contributed by atoms with Crippen molar-refractivity contribution in [2.45, 2.75) is 52.7 Å². The normalized spacial score (nSPS) is 26.3. The summed E-state index contributed by atoms with van der Waals surface area (Å²) >= 11 is 0. The van der Waals surface area contributed by atoms with Crippen LogP contribution in [-0.2, 0) is 18.8 Å². The minimum atomic E-state index is -1.25. The summed E-state index contributed by atoms with van der Waals surface area (Å²) in [5, 5.41) is 9.95. The molecule has 2 fully saturated rings. The molecule has 1 N–H and O–H groups in total. The van der Waals surface area contributed by atoms with E-state index < -0.39 is 21.1 Å². The van der Waals surface area contributed by atoms with Crippen molar-refractivity contribution in [2.75, 3.05) is 26.3 Å². The molecule has 32 heavy (non-hydrogen) atoms. The Labute approximate surface area is 191 Å². The van der Waals surface area contributed by atoms with Gasteiger partial charge in [-0.3, -0.25) is 4.79 Å². The van der Waals surface area contributed by atoms with Crippen molar-refractivity contribution in [1.82, 2.24) is 9.80 Å². The first kappa shape index (κ1) is 24.5. The average Bonchev–Trinajstić information content (AvgIpc) is 3.31. The van der Waals surface area contributed by atoms with Gasteiger partial charge in [0.1, 0.15) is 12.3 Å². The predicted octanol–water partition coefficient (Wildman–Crippen LogP) is 2.86. The van der Waals surface area contributed by atoms with Crippen molar-refractivity contribution in [2.24, 2.45) is 23.2 Å². The van der Waals surface area contributed by atoms with Gasteiger partial charge < -0.3 is 24.1 Å². The molecule has 178 valence electrons. The number of rotatable bonds is 8. The van der Waals surface area contributed by atoms with Gasteiger partial charge in [0.05, 0.1) is 12.0 Å². The first-order valence-corrected chi connectivity index (χ1v) is 14.2. The summed E-state index contributed by atoms with van der Waals surface area (Å²) in [5.41, 5.74) is 0.763. The Hall–Kier alpha value is -2.13. The molecule has 0 aliphatic carbocycles. The highest BCUT2D eigenvalue weighted by Gasteiger charge is 2.60. The number of β-lactam (4-membered cyclic amide) rings is 1. The van der Waals surface area contributed by atoms with Crippen LogP contribution >= 0.6 is 0 Å². The second-order valence-electron chi connectivity index (χ2n) is 10.3. The Morgan fingerprint density at radius 2 is 2.03 bits per heavy atom. The predicted molar refractivity (Wildman–Crippen MR) is 122 cm³/mol. The monoisotopic (exact) mass is 464 g/mol. The Morgan fingerprint density at radius 3 is 2.59 bits per heavy atom. The number of ether oxygens (including phenoxy) is 1. The molecule has 4 atom stereocenters. The number of carbonyl (C=O) groups excluding carboxylic acids is 2. The number of carboxylic acid groups (broad SMARTS) is 1. The van der Waals surface area contributed by atoms with Gasteiger partial charge >= 0.3 is 12.1 Å². The molecular formula is C23H36N2O6Si. The van der Waals surface area contributed by atoms with E-state index >= 15 is 0 Å². The lowest BCUT2D eigenvalue weighted by Crippen LogP contribution is -2.63. The fourth-order valence-corrected chi connectivity index (χ4v) is 5.79. The quantitative estimate of drug-likeness (QED) is 0.337. The molecule has 8 nitrogen and oxygen atoms in total. The van der Waals surface area contributed by atoms with Gasteiger partial charge in [-0.15, -0.1) is 0 Å². The minimum absolute atomic E-state index is 0.0227. The molecule has 0 saturated carbocycles. The zero-order valence-electron chi connectivity index (χ0n) is 19.8. The number of carbonyl (C=O) groups is 3. The second-order valence-corrected chi connectivity index (χ2v) is 12.8. The highest BCUT2D eigenvalue weighted by atomic mass is 28.3. The van der Waals surface area contributed by atoms with Crippen LogP contribution in [0.1, 0.15) is 33.6 Å². The van der Waals surface area contributed by atoms with Crippen molar-refractivity contribution in [3.63, 3.8) is 0 Å². The van der Waals surface area contributed by atoms with Crippen molar-refractivity contribution >= 4 is 27.0 Å². The lowest BCUT2D eigenvalue weighted by atomic mass is 9.66. The van der Waals surface area contributed by atoms with Gasteiger partial charge in [-0.05, 0) is 42.8 Å². The summed E-state index contributed by atoms with van der Waals surface area (Å²) < 4.78 is 11.2. The standard InChI is InChI=1S/C23H36N2O6Si/c1-7-10-30-22(29)24-9-8-14(12-24)15-11-17-18(20(26)25(17)19(15)21(27)28)16(23(2,3)4)13-31-32(5)6/h7,14,16-18,32H,1,8-13H2,2-6H3,(H,27,28)/t14-,16-,17-,18+/m1/s1. The molecule has 0 bridgehead atoms. The van der Waals surface area contributed by atoms with E-state index in [0.717, 1.165) is 5.57 Å². The first-order valence-electron chi connectivity index (χ1n) is 11.4. The second kappa shape index (κ2) is 9.39. The SMILES string of the molecule is C=CCOC(=O)N1CC[C@@H](C2=C(C(=O)O)N3C(=O)[C@@H]([C@@H](CO[SiH](C)C)C(C)(C)C)[C@H]3C2)C1. The maximum absolute atomic E-state index is 13.2. The molecule has 3 aliphatic rings.